The van der Waals surface area contributed by atoms with Gasteiger partial charge in [-0.05, 0) is 39.6 Å². The second-order valence-corrected chi connectivity index (χ2v) is 9.66. The van der Waals surface area contributed by atoms with Crippen molar-refractivity contribution in [2.24, 2.45) is 0 Å². The van der Waals surface area contributed by atoms with Crippen LogP contribution in [0.25, 0.3) is 16.9 Å². The summed E-state index contributed by atoms with van der Waals surface area (Å²) in [7, 11) is 4.03. The minimum Gasteiger partial charge on any atom is -0.378 e. The van der Waals surface area contributed by atoms with Crippen LogP contribution in [-0.2, 0) is 9.53 Å². The van der Waals surface area contributed by atoms with Crippen molar-refractivity contribution >= 4 is 28.7 Å². The zero-order valence-corrected chi connectivity index (χ0v) is 21.3. The Morgan fingerprint density at radius 1 is 1.11 bits per heavy atom. The van der Waals surface area contributed by atoms with Crippen molar-refractivity contribution in [3.8, 4) is 5.82 Å². The normalized spacial score (nSPS) is 19.3. The summed E-state index contributed by atoms with van der Waals surface area (Å²) in [6.45, 7) is 5.41. The van der Waals surface area contributed by atoms with Crippen molar-refractivity contribution in [3.05, 3.63) is 36.2 Å². The van der Waals surface area contributed by atoms with Crippen LogP contribution in [0.1, 0.15) is 25.6 Å². The van der Waals surface area contributed by atoms with Crippen molar-refractivity contribution in [1.82, 2.24) is 29.3 Å². The van der Waals surface area contributed by atoms with Gasteiger partial charge in [-0.2, -0.15) is 9.97 Å². The maximum absolute atomic E-state index is 14.1. The minimum absolute atomic E-state index is 0.0485. The molecule has 0 unspecified atom stereocenters. The second-order valence-electron chi connectivity index (χ2n) is 9.66. The Hall–Kier alpha value is -3.38. The molecule has 10 nitrogen and oxygen atoms in total. The van der Waals surface area contributed by atoms with Crippen LogP contribution in [0, 0.1) is 0 Å². The van der Waals surface area contributed by atoms with E-state index in [1.807, 2.05) is 23.9 Å². The molecule has 2 saturated heterocycles. The van der Waals surface area contributed by atoms with E-state index in [0.29, 0.717) is 62.3 Å². The lowest BCUT2D eigenvalue weighted by atomic mass is 10.2. The summed E-state index contributed by atoms with van der Waals surface area (Å²) in [5.74, 6) is 0.585. The predicted molar refractivity (Wildman–Crippen MR) is 136 cm³/mol. The summed E-state index contributed by atoms with van der Waals surface area (Å²) >= 11 is 0. The van der Waals surface area contributed by atoms with Gasteiger partial charge in [-0.15, -0.1) is 0 Å². The Bertz CT molecular complexity index is 1260. The van der Waals surface area contributed by atoms with E-state index >= 15 is 0 Å². The number of para-hydroxylation sites is 2. The Balaban J connectivity index is 1.50. The molecule has 198 valence electrons. The first kappa shape index (κ1) is 25.3. The van der Waals surface area contributed by atoms with E-state index in [9.17, 15) is 13.6 Å². The number of ether oxygens (including phenoxy) is 1. The number of carbonyl (C=O) groups excluding carboxylic acids is 1. The first-order chi connectivity index (χ1) is 17.8. The van der Waals surface area contributed by atoms with Gasteiger partial charge in [-0.25, -0.2) is 13.8 Å². The van der Waals surface area contributed by atoms with Gasteiger partial charge in [-0.1, -0.05) is 12.1 Å². The van der Waals surface area contributed by atoms with Crippen molar-refractivity contribution < 1.29 is 18.3 Å². The second kappa shape index (κ2) is 10.5. The lowest BCUT2D eigenvalue weighted by molar-refractivity contribution is -0.130. The van der Waals surface area contributed by atoms with Crippen LogP contribution >= 0.6 is 0 Å². The lowest BCUT2D eigenvalue weighted by Crippen LogP contribution is -2.42. The third-order valence-electron chi connectivity index (χ3n) is 6.97. The van der Waals surface area contributed by atoms with Gasteiger partial charge in [0.05, 0.1) is 24.2 Å². The highest BCUT2D eigenvalue weighted by Gasteiger charge is 2.31. The van der Waals surface area contributed by atoms with Gasteiger partial charge in [0.15, 0.2) is 5.82 Å². The Kier molecular flexibility index (Phi) is 7.20. The molecule has 1 amide bonds. The van der Waals surface area contributed by atoms with Crippen LogP contribution in [-0.4, -0.2) is 101 Å². The number of rotatable bonds is 7. The van der Waals surface area contributed by atoms with Gasteiger partial charge < -0.3 is 24.8 Å². The number of hydrogen-bond acceptors (Lipinski definition) is 8. The molecule has 1 N–H and O–H groups in total. The van der Waals surface area contributed by atoms with Crippen molar-refractivity contribution in [1.29, 1.82) is 0 Å². The number of imidazole rings is 1. The third kappa shape index (κ3) is 5.21. The summed E-state index contributed by atoms with van der Waals surface area (Å²) in [5.41, 5.74) is 0.971. The van der Waals surface area contributed by atoms with Crippen LogP contribution in [0.5, 0.6) is 0 Å². The Labute approximate surface area is 214 Å². The van der Waals surface area contributed by atoms with Crippen LogP contribution in [0.2, 0.25) is 0 Å². The molecule has 1 aromatic carbocycles. The number of nitrogens with zero attached hydrogens (tertiary/aromatic N) is 7. The minimum atomic E-state index is -2.80. The average molecular weight is 515 g/mol. The van der Waals surface area contributed by atoms with E-state index in [2.05, 4.69) is 25.2 Å². The van der Waals surface area contributed by atoms with E-state index in [1.165, 1.54) is 4.57 Å². The topological polar surface area (TPSA) is 91.6 Å². The van der Waals surface area contributed by atoms with E-state index < -0.39 is 18.3 Å². The molecule has 12 heteroatoms. The number of anilines is 2. The number of aromatic nitrogens is 4. The number of amides is 1. The number of halogens is 2. The highest BCUT2D eigenvalue weighted by Crippen LogP contribution is 2.29. The first-order valence-corrected chi connectivity index (χ1v) is 12.5. The van der Waals surface area contributed by atoms with Crippen LogP contribution < -0.4 is 10.2 Å². The smallest absolute Gasteiger partial charge is 0.296 e. The first-order valence-electron chi connectivity index (χ1n) is 12.5. The fourth-order valence-corrected chi connectivity index (χ4v) is 4.88. The van der Waals surface area contributed by atoms with Gasteiger partial charge in [0.1, 0.15) is 17.7 Å². The van der Waals surface area contributed by atoms with Crippen molar-refractivity contribution in [2.45, 2.75) is 31.9 Å². The molecule has 2 atom stereocenters. The van der Waals surface area contributed by atoms with Crippen molar-refractivity contribution in [3.63, 3.8) is 0 Å². The maximum atomic E-state index is 14.1. The number of likely N-dealkylation sites (N-methyl/N-ethyl adjacent to an activating group) is 1. The van der Waals surface area contributed by atoms with Gasteiger partial charge in [0.2, 0.25) is 11.9 Å². The molecular weight excluding hydrogens is 482 g/mol. The van der Waals surface area contributed by atoms with Crippen LogP contribution in [0.3, 0.4) is 0 Å². The highest BCUT2D eigenvalue weighted by molar-refractivity contribution is 5.84. The molecule has 37 heavy (non-hydrogen) atoms. The fourth-order valence-electron chi connectivity index (χ4n) is 4.88. The van der Waals surface area contributed by atoms with Crippen LogP contribution in [0.15, 0.2) is 30.3 Å². The molecule has 0 saturated carbocycles. The summed E-state index contributed by atoms with van der Waals surface area (Å²) in [6, 6.07) is 8.38. The van der Waals surface area contributed by atoms with E-state index in [0.717, 1.165) is 6.42 Å². The average Bonchev–Trinajstić information content (AvgIpc) is 3.54. The number of morpholine rings is 1. The standard InChI is InChI=1S/C25H32F2N8O2/c1-16(24(36)34-9-8-17(15-34)32(2)3)28-25-30-20(33-10-12-37-13-11-33)14-21(31-25)35-19-7-5-4-6-18(19)29-23(35)22(26)27/h4-7,14,16-17,22H,8-13,15H2,1-3H3,(H,28,30,31)/t16-,17-/m0/s1. The molecule has 4 heterocycles. The number of alkyl halides is 2. The summed E-state index contributed by atoms with van der Waals surface area (Å²) in [4.78, 5) is 32.6. The predicted octanol–water partition coefficient (Wildman–Crippen LogP) is 2.55. The quantitative estimate of drug-likeness (QED) is 0.515. The SMILES string of the molecule is C[C@H](Nc1nc(N2CCOCC2)cc(-n2c(C(F)F)nc3ccccc32)n1)C(=O)N1CC[C@H](N(C)C)C1. The number of nitrogens with one attached hydrogen (secondary N) is 1. The molecule has 0 spiro atoms. The van der Waals surface area contributed by atoms with Gasteiger partial charge in [0, 0.05) is 38.3 Å². The van der Waals surface area contributed by atoms with Gasteiger partial charge in [-0.3, -0.25) is 9.36 Å². The monoisotopic (exact) mass is 514 g/mol. The molecule has 2 aliphatic rings. The molecule has 0 radical (unpaired) electrons. The van der Waals surface area contributed by atoms with Gasteiger partial charge >= 0.3 is 0 Å². The van der Waals surface area contributed by atoms with Crippen molar-refractivity contribution in [2.75, 3.05) is 63.7 Å². The lowest BCUT2D eigenvalue weighted by Gasteiger charge is -2.29. The number of likely N-dealkylation sites (tertiary alicyclic amines) is 1. The molecule has 2 aliphatic heterocycles. The zero-order valence-electron chi connectivity index (χ0n) is 21.3. The molecule has 5 rings (SSSR count). The highest BCUT2D eigenvalue weighted by atomic mass is 19.3. The third-order valence-corrected chi connectivity index (χ3v) is 6.97. The maximum Gasteiger partial charge on any atom is 0.296 e. The number of hydrogen-bond donors (Lipinski definition) is 1. The Morgan fingerprint density at radius 3 is 2.54 bits per heavy atom. The molecule has 2 fully saturated rings. The van der Waals surface area contributed by atoms with E-state index in [1.54, 1.807) is 37.3 Å². The van der Waals surface area contributed by atoms with Crippen LogP contribution in [0.4, 0.5) is 20.5 Å². The number of benzene rings is 1. The zero-order chi connectivity index (χ0) is 26.1. The largest absolute Gasteiger partial charge is 0.378 e. The summed E-state index contributed by atoms with van der Waals surface area (Å²) < 4.78 is 35.0. The number of carbonyl (C=O) groups is 1. The summed E-state index contributed by atoms with van der Waals surface area (Å²) in [6.07, 6.45) is -1.88. The van der Waals surface area contributed by atoms with E-state index in [4.69, 9.17) is 4.74 Å². The van der Waals surface area contributed by atoms with Gasteiger partial charge in [0.25, 0.3) is 6.43 Å². The molecule has 0 aliphatic carbocycles. The molecule has 2 aromatic heterocycles. The molecule has 3 aromatic rings. The molecule has 0 bridgehead atoms. The fraction of sp³-hybridized carbons (Fsp3) is 0.520. The number of fused-ring (bicyclic) bond motifs is 1. The Morgan fingerprint density at radius 2 is 1.84 bits per heavy atom. The van der Waals surface area contributed by atoms with E-state index in [-0.39, 0.29) is 17.7 Å². The summed E-state index contributed by atoms with van der Waals surface area (Å²) in [5, 5.41) is 3.14. The molecular formula is C25H32F2N8O2.